The number of hydrogen-bond donors (Lipinski definition) is 3. The fourth-order valence-electron chi connectivity index (χ4n) is 6.82. The predicted molar refractivity (Wildman–Crippen MR) is 129 cm³/mol. The first kappa shape index (κ1) is 24.7. The molecule has 0 heterocycles. The van der Waals surface area contributed by atoms with Crippen LogP contribution in [0, 0.1) is 35.0 Å². The van der Waals surface area contributed by atoms with E-state index in [9.17, 15) is 15.3 Å². The lowest BCUT2D eigenvalue weighted by molar-refractivity contribution is -0.155. The van der Waals surface area contributed by atoms with Crippen molar-refractivity contribution < 1.29 is 15.3 Å². The zero-order valence-corrected chi connectivity index (χ0v) is 20.5. The van der Waals surface area contributed by atoms with Crippen LogP contribution >= 0.6 is 0 Å². The molecule has 3 aliphatic carbocycles. The molecule has 3 aliphatic rings. The van der Waals surface area contributed by atoms with Gasteiger partial charge in [0.15, 0.2) is 0 Å². The van der Waals surface area contributed by atoms with Crippen LogP contribution in [0.4, 0.5) is 0 Å². The quantitative estimate of drug-likeness (QED) is 0.466. The summed E-state index contributed by atoms with van der Waals surface area (Å²) in [7, 11) is 0. The van der Waals surface area contributed by atoms with Crippen molar-refractivity contribution in [1.29, 1.82) is 0 Å². The summed E-state index contributed by atoms with van der Waals surface area (Å²) in [5.41, 5.74) is 0.876. The van der Waals surface area contributed by atoms with Gasteiger partial charge in [0.2, 0.25) is 0 Å². The lowest BCUT2D eigenvalue weighted by atomic mass is 9.56. The van der Waals surface area contributed by atoms with Gasteiger partial charge in [0.1, 0.15) is 6.10 Å². The van der Waals surface area contributed by atoms with Gasteiger partial charge in [-0.1, -0.05) is 58.9 Å². The van der Waals surface area contributed by atoms with Crippen LogP contribution < -0.4 is 0 Å². The van der Waals surface area contributed by atoms with Gasteiger partial charge in [0.05, 0.1) is 11.7 Å². The maximum absolute atomic E-state index is 11.8. The van der Waals surface area contributed by atoms with E-state index in [2.05, 4.69) is 53.3 Å². The van der Waals surface area contributed by atoms with Crippen molar-refractivity contribution in [2.75, 3.05) is 0 Å². The van der Waals surface area contributed by atoms with Crippen LogP contribution in [-0.2, 0) is 0 Å². The zero-order chi connectivity index (χ0) is 23.0. The minimum atomic E-state index is -1.09. The van der Waals surface area contributed by atoms with E-state index in [4.69, 9.17) is 0 Å². The second kappa shape index (κ2) is 9.53. The maximum atomic E-state index is 11.8. The van der Waals surface area contributed by atoms with Crippen LogP contribution in [0.25, 0.3) is 0 Å². The van der Waals surface area contributed by atoms with E-state index >= 15 is 0 Å². The first-order chi connectivity index (χ1) is 14.5. The molecule has 0 radical (unpaired) electrons. The van der Waals surface area contributed by atoms with Crippen LogP contribution in [-0.4, -0.2) is 33.1 Å². The average molecular weight is 431 g/mol. The molecule has 3 rings (SSSR count). The number of fused-ring (bicyclic) bond motifs is 1. The topological polar surface area (TPSA) is 60.7 Å². The highest BCUT2D eigenvalue weighted by Gasteiger charge is 2.59. The predicted octanol–water partition coefficient (Wildman–Crippen LogP) is 5.81. The van der Waals surface area contributed by atoms with Crippen LogP contribution in [0.5, 0.6) is 0 Å². The highest BCUT2D eigenvalue weighted by atomic mass is 16.3. The van der Waals surface area contributed by atoms with Crippen LogP contribution in [0.2, 0.25) is 0 Å². The Morgan fingerprint density at radius 3 is 2.45 bits per heavy atom. The van der Waals surface area contributed by atoms with Gasteiger partial charge in [-0.05, 0) is 98.0 Å². The molecule has 0 aromatic carbocycles. The van der Waals surface area contributed by atoms with E-state index in [0.29, 0.717) is 36.5 Å². The Bertz CT molecular complexity index is 707. The fourth-order valence-corrected chi connectivity index (χ4v) is 6.82. The van der Waals surface area contributed by atoms with E-state index in [-0.39, 0.29) is 17.4 Å². The Morgan fingerprint density at radius 2 is 1.77 bits per heavy atom. The van der Waals surface area contributed by atoms with Gasteiger partial charge in [-0.15, -0.1) is 0 Å². The van der Waals surface area contributed by atoms with Crippen molar-refractivity contribution in [2.45, 2.75) is 104 Å². The molecule has 3 saturated carbocycles. The number of rotatable bonds is 6. The highest BCUT2D eigenvalue weighted by molar-refractivity contribution is 5.33. The lowest BCUT2D eigenvalue weighted by Crippen LogP contribution is -2.56. The zero-order valence-electron chi connectivity index (χ0n) is 20.5. The van der Waals surface area contributed by atoms with Gasteiger partial charge in [0, 0.05) is 0 Å². The Hall–Kier alpha value is -0.900. The fraction of sp³-hybridized carbons (Fsp3) is 0.786. The monoisotopic (exact) mass is 430 g/mol. The molecule has 0 unspecified atom stereocenters. The summed E-state index contributed by atoms with van der Waals surface area (Å²) >= 11 is 0. The highest BCUT2D eigenvalue weighted by Crippen LogP contribution is 2.61. The summed E-state index contributed by atoms with van der Waals surface area (Å²) < 4.78 is 0. The molecule has 0 saturated heterocycles. The summed E-state index contributed by atoms with van der Waals surface area (Å²) in [5, 5.41) is 33.2. The molecule has 0 aromatic rings. The van der Waals surface area contributed by atoms with Gasteiger partial charge in [-0.2, -0.15) is 0 Å². The third-order valence-corrected chi connectivity index (χ3v) is 9.27. The first-order valence-electron chi connectivity index (χ1n) is 12.6. The third-order valence-electron chi connectivity index (χ3n) is 9.27. The molecule has 0 spiro atoms. The Labute approximate surface area is 190 Å². The molecule has 0 amide bonds. The molecule has 0 aliphatic heterocycles. The molecular weight excluding hydrogens is 384 g/mol. The Morgan fingerprint density at radius 1 is 1.06 bits per heavy atom. The number of allylic oxidation sites excluding steroid dienone is 3. The molecule has 3 heteroatoms. The number of aliphatic hydroxyl groups excluding tert-OH is 2. The molecule has 31 heavy (non-hydrogen) atoms. The van der Waals surface area contributed by atoms with Gasteiger partial charge in [-0.3, -0.25) is 0 Å². The second-order valence-corrected chi connectivity index (χ2v) is 11.6. The van der Waals surface area contributed by atoms with Crippen molar-refractivity contribution in [2.24, 2.45) is 35.0 Å². The SMILES string of the molecule is C=C1CC[C@H](O)C/C1=C/[C@H](O)[C@]1(O)CCC[C@]2(C)[C@@H]([C@H](C)/C=C/[C@H](C)C(C)C)CC[C@H]21. The average Bonchev–Trinajstić information content (AvgIpc) is 3.07. The lowest BCUT2D eigenvalue weighted by Gasteiger charge is -2.52. The first-order valence-corrected chi connectivity index (χ1v) is 12.6. The Balaban J connectivity index is 1.80. The number of hydrogen-bond acceptors (Lipinski definition) is 3. The van der Waals surface area contributed by atoms with Gasteiger partial charge >= 0.3 is 0 Å². The molecule has 3 fully saturated rings. The molecule has 3 nitrogen and oxygen atoms in total. The van der Waals surface area contributed by atoms with Crippen LogP contribution in [0.15, 0.2) is 36.0 Å². The summed E-state index contributed by atoms with van der Waals surface area (Å²) in [6, 6.07) is 0. The van der Waals surface area contributed by atoms with E-state index in [1.54, 1.807) is 0 Å². The van der Waals surface area contributed by atoms with E-state index in [1.807, 2.05) is 6.08 Å². The summed E-state index contributed by atoms with van der Waals surface area (Å²) in [5.74, 6) is 2.33. The van der Waals surface area contributed by atoms with Crippen LogP contribution in [0.3, 0.4) is 0 Å². The van der Waals surface area contributed by atoms with E-state index in [0.717, 1.165) is 49.7 Å². The standard InChI is InChI=1S/C28H46O3/c1-18(2)19(3)8-9-21(5)24-12-13-25-27(24,6)14-7-15-28(25,31)26(30)17-22-16-23(29)11-10-20(22)4/h8-9,17-19,21,23-26,29-31H,4,7,10-16H2,1-3,5-6H3/b9-8+,22-17-/t19-,21+,23-,24+,25+,26-,27+,28-/m0/s1. The van der Waals surface area contributed by atoms with E-state index in [1.165, 1.54) is 0 Å². The normalized spacial score (nSPS) is 41.0. The summed E-state index contributed by atoms with van der Waals surface area (Å²) in [6.45, 7) is 15.6. The summed E-state index contributed by atoms with van der Waals surface area (Å²) in [4.78, 5) is 0. The molecule has 0 bridgehead atoms. The van der Waals surface area contributed by atoms with Crippen molar-refractivity contribution in [3.8, 4) is 0 Å². The molecule has 8 atom stereocenters. The maximum Gasteiger partial charge on any atom is 0.102 e. The minimum absolute atomic E-state index is 0.0421. The van der Waals surface area contributed by atoms with Crippen molar-refractivity contribution in [1.82, 2.24) is 0 Å². The van der Waals surface area contributed by atoms with Gasteiger partial charge in [0.25, 0.3) is 0 Å². The Kier molecular flexibility index (Phi) is 7.61. The number of aliphatic hydroxyl groups is 3. The smallest absolute Gasteiger partial charge is 0.102 e. The van der Waals surface area contributed by atoms with Crippen LogP contribution in [0.1, 0.15) is 86.0 Å². The van der Waals surface area contributed by atoms with Crippen molar-refractivity contribution >= 4 is 0 Å². The summed E-state index contributed by atoms with van der Waals surface area (Å²) in [6.07, 6.45) is 12.2. The minimum Gasteiger partial charge on any atom is -0.393 e. The van der Waals surface area contributed by atoms with Crippen molar-refractivity contribution in [3.63, 3.8) is 0 Å². The van der Waals surface area contributed by atoms with Gasteiger partial charge in [-0.25, -0.2) is 0 Å². The largest absolute Gasteiger partial charge is 0.393 e. The van der Waals surface area contributed by atoms with E-state index < -0.39 is 11.7 Å². The molecule has 0 aromatic heterocycles. The third kappa shape index (κ3) is 4.89. The molecule has 176 valence electrons. The van der Waals surface area contributed by atoms with Crippen molar-refractivity contribution in [3.05, 3.63) is 36.0 Å². The molecular formula is C28H46O3. The second-order valence-electron chi connectivity index (χ2n) is 11.6. The van der Waals surface area contributed by atoms with Gasteiger partial charge < -0.3 is 15.3 Å². The molecule has 3 N–H and O–H groups in total.